The van der Waals surface area contributed by atoms with Gasteiger partial charge >= 0.3 is 5.63 Å². The predicted octanol–water partition coefficient (Wildman–Crippen LogP) is 2.96. The zero-order chi connectivity index (χ0) is 12.0. The average molecular weight is 226 g/mol. The molecule has 1 N–H and O–H groups in total. The third-order valence-electron chi connectivity index (χ3n) is 2.85. The maximum Gasteiger partial charge on any atom is 0.344 e. The van der Waals surface area contributed by atoms with E-state index in [1.807, 2.05) is 19.1 Å². The molecule has 17 heavy (non-hydrogen) atoms. The van der Waals surface area contributed by atoms with E-state index in [0.29, 0.717) is 11.0 Å². The quantitative estimate of drug-likeness (QED) is 0.473. The molecular weight excluding hydrogens is 216 g/mol. The Hall–Kier alpha value is -2.29. The molecule has 0 radical (unpaired) electrons. The third-order valence-corrected chi connectivity index (χ3v) is 2.85. The lowest BCUT2D eigenvalue weighted by Crippen LogP contribution is -1.99. The zero-order valence-electron chi connectivity index (χ0n) is 9.23. The van der Waals surface area contributed by atoms with Gasteiger partial charge in [-0.1, -0.05) is 17.7 Å². The van der Waals surface area contributed by atoms with Crippen molar-refractivity contribution in [3.05, 3.63) is 52.4 Å². The van der Waals surface area contributed by atoms with E-state index < -0.39 is 0 Å². The van der Waals surface area contributed by atoms with Gasteiger partial charge in [-0.25, -0.2) is 4.79 Å². The van der Waals surface area contributed by atoms with E-state index >= 15 is 0 Å². The molecule has 0 aliphatic heterocycles. The fourth-order valence-electron chi connectivity index (χ4n) is 2.03. The summed E-state index contributed by atoms with van der Waals surface area (Å²) >= 11 is 0. The maximum absolute atomic E-state index is 11.8. The number of hydrogen-bond donors (Lipinski definition) is 1. The van der Waals surface area contributed by atoms with Gasteiger partial charge in [0.25, 0.3) is 0 Å². The van der Waals surface area contributed by atoms with Crippen molar-refractivity contribution in [2.45, 2.75) is 6.92 Å². The number of fused-ring (bicyclic) bond motifs is 3. The number of aromatic hydroxyl groups is 1. The van der Waals surface area contributed by atoms with Crippen LogP contribution >= 0.6 is 0 Å². The van der Waals surface area contributed by atoms with Crippen LogP contribution in [0.4, 0.5) is 0 Å². The monoisotopic (exact) mass is 226 g/mol. The lowest BCUT2D eigenvalue weighted by molar-refractivity contribution is 0.475. The van der Waals surface area contributed by atoms with Gasteiger partial charge in [0.1, 0.15) is 11.3 Å². The lowest BCUT2D eigenvalue weighted by Gasteiger charge is -2.03. The van der Waals surface area contributed by atoms with Gasteiger partial charge in [-0.05, 0) is 31.2 Å². The first-order valence-corrected chi connectivity index (χ1v) is 5.31. The summed E-state index contributed by atoms with van der Waals surface area (Å²) < 4.78 is 5.20. The second kappa shape index (κ2) is 3.35. The fourth-order valence-corrected chi connectivity index (χ4v) is 2.03. The van der Waals surface area contributed by atoms with Crippen molar-refractivity contribution >= 4 is 21.7 Å². The first-order valence-electron chi connectivity index (χ1n) is 5.31. The van der Waals surface area contributed by atoms with E-state index in [1.54, 1.807) is 18.2 Å². The minimum Gasteiger partial charge on any atom is -0.508 e. The van der Waals surface area contributed by atoms with Crippen LogP contribution in [0.5, 0.6) is 5.75 Å². The van der Waals surface area contributed by atoms with Crippen molar-refractivity contribution in [3.63, 3.8) is 0 Å². The molecule has 0 fully saturated rings. The highest BCUT2D eigenvalue weighted by Gasteiger charge is 2.07. The molecule has 0 aliphatic carbocycles. The molecule has 3 heteroatoms. The normalized spacial score (nSPS) is 11.1. The van der Waals surface area contributed by atoms with Crippen LogP contribution in [0.3, 0.4) is 0 Å². The van der Waals surface area contributed by atoms with Crippen LogP contribution < -0.4 is 5.63 Å². The highest BCUT2D eigenvalue weighted by molar-refractivity contribution is 6.04. The van der Waals surface area contributed by atoms with Gasteiger partial charge in [0.2, 0.25) is 0 Å². The van der Waals surface area contributed by atoms with Crippen molar-refractivity contribution in [3.8, 4) is 5.75 Å². The van der Waals surface area contributed by atoms with Crippen molar-refractivity contribution in [2.75, 3.05) is 0 Å². The Balaban J connectivity index is 2.64. The first-order chi connectivity index (χ1) is 8.15. The van der Waals surface area contributed by atoms with Gasteiger partial charge in [0.05, 0.1) is 5.39 Å². The van der Waals surface area contributed by atoms with E-state index in [9.17, 15) is 9.90 Å². The number of rotatable bonds is 0. The average Bonchev–Trinajstić information content (AvgIpc) is 2.30. The number of phenolic OH excluding ortho intramolecular Hbond substituents is 1. The fraction of sp³-hybridized carbons (Fsp3) is 0.0714. The van der Waals surface area contributed by atoms with Gasteiger partial charge in [0.15, 0.2) is 0 Å². The highest BCUT2D eigenvalue weighted by atomic mass is 16.4. The topological polar surface area (TPSA) is 50.4 Å². The molecule has 0 bridgehead atoms. The summed E-state index contributed by atoms with van der Waals surface area (Å²) in [6.45, 7) is 1.96. The molecule has 2 aromatic carbocycles. The maximum atomic E-state index is 11.8. The SMILES string of the molecule is Cc1ccc2c(=O)oc3ccc(O)cc3c2c1. The standard InChI is InChI=1S/C14H10O3/c1-8-2-4-10-11(6-8)12-7-9(15)3-5-13(12)17-14(10)16/h2-7,15H,1H3. The van der Waals surface area contributed by atoms with E-state index in [2.05, 4.69) is 0 Å². The Kier molecular flexibility index (Phi) is 1.95. The van der Waals surface area contributed by atoms with Crippen molar-refractivity contribution in [1.29, 1.82) is 0 Å². The second-order valence-electron chi connectivity index (χ2n) is 4.12. The van der Waals surface area contributed by atoms with E-state index in [4.69, 9.17) is 4.42 Å². The molecule has 0 saturated carbocycles. The van der Waals surface area contributed by atoms with E-state index in [0.717, 1.165) is 16.3 Å². The summed E-state index contributed by atoms with van der Waals surface area (Å²) in [5, 5.41) is 11.6. The molecular formula is C14H10O3. The molecule has 0 saturated heterocycles. The van der Waals surface area contributed by atoms with Crippen LogP contribution in [-0.4, -0.2) is 5.11 Å². The van der Waals surface area contributed by atoms with E-state index in [1.165, 1.54) is 6.07 Å². The smallest absolute Gasteiger partial charge is 0.344 e. The van der Waals surface area contributed by atoms with Crippen LogP contribution in [0.2, 0.25) is 0 Å². The molecule has 3 rings (SSSR count). The van der Waals surface area contributed by atoms with Crippen LogP contribution in [-0.2, 0) is 0 Å². The van der Waals surface area contributed by atoms with Crippen LogP contribution in [0.1, 0.15) is 5.56 Å². The Morgan fingerprint density at radius 1 is 1.00 bits per heavy atom. The zero-order valence-corrected chi connectivity index (χ0v) is 9.23. The van der Waals surface area contributed by atoms with E-state index in [-0.39, 0.29) is 11.4 Å². The van der Waals surface area contributed by atoms with Gasteiger partial charge in [0, 0.05) is 10.8 Å². The van der Waals surface area contributed by atoms with Gasteiger partial charge in [-0.2, -0.15) is 0 Å². The van der Waals surface area contributed by atoms with Crippen molar-refractivity contribution in [1.82, 2.24) is 0 Å². The Bertz CT molecular complexity index is 784. The summed E-state index contributed by atoms with van der Waals surface area (Å²) in [5.41, 5.74) is 1.21. The molecule has 0 spiro atoms. The second-order valence-corrected chi connectivity index (χ2v) is 4.12. The largest absolute Gasteiger partial charge is 0.508 e. The van der Waals surface area contributed by atoms with Gasteiger partial charge in [-0.15, -0.1) is 0 Å². The Morgan fingerprint density at radius 2 is 1.82 bits per heavy atom. The summed E-state index contributed by atoms with van der Waals surface area (Å²) in [5.74, 6) is 0.161. The number of benzene rings is 2. The number of phenols is 1. The third kappa shape index (κ3) is 1.47. The minimum atomic E-state index is -0.349. The van der Waals surface area contributed by atoms with Crippen molar-refractivity contribution in [2.24, 2.45) is 0 Å². The van der Waals surface area contributed by atoms with Crippen molar-refractivity contribution < 1.29 is 9.52 Å². The molecule has 84 valence electrons. The number of aryl methyl sites for hydroxylation is 1. The minimum absolute atomic E-state index is 0.161. The van der Waals surface area contributed by atoms with Gasteiger partial charge in [-0.3, -0.25) is 0 Å². The molecule has 0 aliphatic rings. The number of hydrogen-bond acceptors (Lipinski definition) is 3. The Morgan fingerprint density at radius 3 is 2.65 bits per heavy atom. The summed E-state index contributed by atoms with van der Waals surface area (Å²) in [6.07, 6.45) is 0. The highest BCUT2D eigenvalue weighted by Crippen LogP contribution is 2.26. The summed E-state index contributed by atoms with van der Waals surface area (Å²) in [6, 6.07) is 10.3. The molecule has 0 unspecified atom stereocenters. The van der Waals surface area contributed by atoms with Crippen LogP contribution in [0, 0.1) is 6.92 Å². The molecule has 3 aromatic rings. The molecule has 0 atom stereocenters. The molecule has 3 nitrogen and oxygen atoms in total. The summed E-state index contributed by atoms with van der Waals surface area (Å²) in [4.78, 5) is 11.8. The molecule has 1 heterocycles. The molecule has 1 aromatic heterocycles. The molecule has 0 amide bonds. The first kappa shape index (κ1) is 9.90. The lowest BCUT2D eigenvalue weighted by atomic mass is 10.1. The Labute approximate surface area is 96.9 Å². The van der Waals surface area contributed by atoms with Crippen LogP contribution in [0.25, 0.3) is 21.7 Å². The van der Waals surface area contributed by atoms with Crippen LogP contribution in [0.15, 0.2) is 45.6 Å². The summed E-state index contributed by atoms with van der Waals surface area (Å²) in [7, 11) is 0. The predicted molar refractivity (Wildman–Crippen MR) is 66.4 cm³/mol. The van der Waals surface area contributed by atoms with Gasteiger partial charge < -0.3 is 9.52 Å².